The average Bonchev–Trinajstić information content (AvgIpc) is 2.39. The van der Waals surface area contributed by atoms with Crippen LogP contribution in [0.1, 0.15) is 44.2 Å². The van der Waals surface area contributed by atoms with Crippen molar-refractivity contribution < 1.29 is 18.0 Å². The Morgan fingerprint density at radius 2 is 1.84 bits per heavy atom. The monoisotopic (exact) mass is 271 g/mol. The van der Waals surface area contributed by atoms with Crippen LogP contribution >= 0.6 is 0 Å². The van der Waals surface area contributed by atoms with E-state index in [4.69, 9.17) is 0 Å². The molecule has 0 aliphatic carbocycles. The van der Waals surface area contributed by atoms with Crippen molar-refractivity contribution in [1.82, 2.24) is 4.90 Å². The summed E-state index contributed by atoms with van der Waals surface area (Å²) in [7, 11) is 0. The maximum Gasteiger partial charge on any atom is 0.223 e. The molecule has 1 atom stereocenters. The van der Waals surface area contributed by atoms with Crippen LogP contribution in [-0.2, 0) is 4.79 Å². The van der Waals surface area contributed by atoms with E-state index in [0.29, 0.717) is 24.9 Å². The number of halogens is 3. The number of hydrogen-bond acceptors (Lipinski definition) is 1. The van der Waals surface area contributed by atoms with Crippen molar-refractivity contribution in [1.29, 1.82) is 0 Å². The molecule has 1 aromatic rings. The second kappa shape index (κ2) is 5.63. The zero-order valence-corrected chi connectivity index (χ0v) is 10.8. The topological polar surface area (TPSA) is 20.3 Å². The molecular formula is C14H16F3NO. The summed E-state index contributed by atoms with van der Waals surface area (Å²) in [5.41, 5.74) is 0.314. The van der Waals surface area contributed by atoms with E-state index >= 15 is 0 Å². The summed E-state index contributed by atoms with van der Waals surface area (Å²) >= 11 is 0. The predicted molar refractivity (Wildman–Crippen MR) is 64.9 cm³/mol. The van der Waals surface area contributed by atoms with Crippen LogP contribution in [0.5, 0.6) is 0 Å². The summed E-state index contributed by atoms with van der Waals surface area (Å²) in [5, 5.41) is 0. The van der Waals surface area contributed by atoms with E-state index < -0.39 is 23.5 Å². The molecule has 1 aliphatic rings. The number of piperidine rings is 1. The lowest BCUT2D eigenvalue weighted by Gasteiger charge is -2.34. The molecule has 0 N–H and O–H groups in total. The third-order valence-corrected chi connectivity index (χ3v) is 3.51. The van der Waals surface area contributed by atoms with E-state index in [1.165, 1.54) is 0 Å². The molecule has 1 fully saturated rings. The molecule has 2 rings (SSSR count). The second-order valence-corrected chi connectivity index (χ2v) is 4.77. The summed E-state index contributed by atoms with van der Waals surface area (Å²) in [6.07, 6.45) is 2.73. The number of carbonyl (C=O) groups is 1. The van der Waals surface area contributed by atoms with Gasteiger partial charge in [0.2, 0.25) is 5.91 Å². The molecule has 0 aromatic heterocycles. The van der Waals surface area contributed by atoms with Gasteiger partial charge in [-0.2, -0.15) is 0 Å². The number of amides is 1. The Labute approximate surface area is 110 Å². The molecule has 1 saturated heterocycles. The Bertz CT molecular complexity index is 467. The number of hydrogen-bond donors (Lipinski definition) is 0. The third kappa shape index (κ3) is 2.74. The highest BCUT2D eigenvalue weighted by atomic mass is 19.2. The smallest absolute Gasteiger partial charge is 0.223 e. The fraction of sp³-hybridized carbons (Fsp3) is 0.500. The molecule has 1 heterocycles. The minimum atomic E-state index is -1.47. The van der Waals surface area contributed by atoms with Gasteiger partial charge >= 0.3 is 0 Å². The first kappa shape index (κ1) is 13.9. The number of rotatable bonds is 3. The molecule has 0 saturated carbocycles. The van der Waals surface area contributed by atoms with Crippen LogP contribution in [0.2, 0.25) is 0 Å². The van der Waals surface area contributed by atoms with Gasteiger partial charge in [0.1, 0.15) is 0 Å². The number of carbonyl (C=O) groups excluding carboxylic acids is 1. The van der Waals surface area contributed by atoms with Crippen molar-refractivity contribution >= 4 is 5.91 Å². The zero-order valence-electron chi connectivity index (χ0n) is 10.8. The highest BCUT2D eigenvalue weighted by Crippen LogP contribution is 2.29. The van der Waals surface area contributed by atoms with Crippen LogP contribution in [-0.4, -0.2) is 17.4 Å². The first-order chi connectivity index (χ1) is 9.04. The molecule has 2 nitrogen and oxygen atoms in total. The van der Waals surface area contributed by atoms with E-state index in [-0.39, 0.29) is 5.91 Å². The Balaban J connectivity index is 2.33. The fourth-order valence-electron chi connectivity index (χ4n) is 2.56. The van der Waals surface area contributed by atoms with Gasteiger partial charge in [-0.25, -0.2) is 13.2 Å². The van der Waals surface area contributed by atoms with Crippen LogP contribution in [0.25, 0.3) is 0 Å². The molecule has 1 aromatic carbocycles. The van der Waals surface area contributed by atoms with Crippen LogP contribution in [0, 0.1) is 17.5 Å². The van der Waals surface area contributed by atoms with E-state index in [9.17, 15) is 18.0 Å². The van der Waals surface area contributed by atoms with Gasteiger partial charge in [0, 0.05) is 13.0 Å². The molecule has 1 unspecified atom stereocenters. The van der Waals surface area contributed by atoms with Crippen LogP contribution in [0.4, 0.5) is 13.2 Å². The normalized spacial score (nSPS) is 17.7. The van der Waals surface area contributed by atoms with Crippen molar-refractivity contribution in [3.8, 4) is 0 Å². The molecule has 0 bridgehead atoms. The molecule has 19 heavy (non-hydrogen) atoms. The van der Waals surface area contributed by atoms with E-state index in [1.807, 2.05) is 6.92 Å². The Morgan fingerprint density at radius 1 is 1.21 bits per heavy atom. The van der Waals surface area contributed by atoms with Crippen molar-refractivity contribution in [2.75, 3.05) is 6.54 Å². The van der Waals surface area contributed by atoms with Crippen molar-refractivity contribution in [3.05, 3.63) is 35.1 Å². The van der Waals surface area contributed by atoms with Gasteiger partial charge in [-0.15, -0.1) is 0 Å². The molecule has 104 valence electrons. The summed E-state index contributed by atoms with van der Waals surface area (Å²) < 4.78 is 39.5. The molecular weight excluding hydrogens is 255 g/mol. The minimum absolute atomic E-state index is 0.0109. The standard InChI is InChI=1S/C14H16F3NO/c1-2-12(18-6-4-3-5-13(18)19)9-7-10(15)14(17)11(16)8-9/h7-8,12H,2-6H2,1H3. The van der Waals surface area contributed by atoms with Crippen molar-refractivity contribution in [2.45, 2.75) is 38.6 Å². The second-order valence-electron chi connectivity index (χ2n) is 4.77. The summed E-state index contributed by atoms with van der Waals surface area (Å²) in [6, 6.07) is 1.57. The van der Waals surface area contributed by atoms with Gasteiger partial charge in [0.15, 0.2) is 17.5 Å². The first-order valence-electron chi connectivity index (χ1n) is 6.48. The summed E-state index contributed by atoms with van der Waals surface area (Å²) in [4.78, 5) is 13.5. The maximum atomic E-state index is 13.3. The molecule has 0 spiro atoms. The van der Waals surface area contributed by atoms with Gasteiger partial charge in [0.25, 0.3) is 0 Å². The summed E-state index contributed by atoms with van der Waals surface area (Å²) in [5.74, 6) is -3.90. The predicted octanol–water partition coefficient (Wildman–Crippen LogP) is 3.57. The van der Waals surface area contributed by atoms with Crippen LogP contribution in [0.15, 0.2) is 12.1 Å². The van der Waals surface area contributed by atoms with Gasteiger partial charge in [-0.05, 0) is 37.0 Å². The van der Waals surface area contributed by atoms with E-state index in [0.717, 1.165) is 25.0 Å². The molecule has 0 radical (unpaired) electrons. The summed E-state index contributed by atoms with van der Waals surface area (Å²) in [6.45, 7) is 2.42. The van der Waals surface area contributed by atoms with Gasteiger partial charge in [-0.3, -0.25) is 4.79 Å². The van der Waals surface area contributed by atoms with E-state index in [2.05, 4.69) is 0 Å². The van der Waals surface area contributed by atoms with Crippen molar-refractivity contribution in [3.63, 3.8) is 0 Å². The van der Waals surface area contributed by atoms with Crippen LogP contribution in [0.3, 0.4) is 0 Å². The van der Waals surface area contributed by atoms with Crippen molar-refractivity contribution in [2.24, 2.45) is 0 Å². The SMILES string of the molecule is CCC(c1cc(F)c(F)c(F)c1)N1CCCCC1=O. The molecule has 5 heteroatoms. The lowest BCUT2D eigenvalue weighted by Crippen LogP contribution is -2.38. The minimum Gasteiger partial charge on any atom is -0.336 e. The molecule has 1 amide bonds. The third-order valence-electron chi connectivity index (χ3n) is 3.51. The number of likely N-dealkylation sites (tertiary alicyclic amines) is 1. The average molecular weight is 271 g/mol. The maximum absolute atomic E-state index is 13.3. The van der Waals surface area contributed by atoms with Gasteiger partial charge < -0.3 is 4.90 Å². The Morgan fingerprint density at radius 3 is 2.37 bits per heavy atom. The highest BCUT2D eigenvalue weighted by molar-refractivity contribution is 5.77. The Hall–Kier alpha value is -1.52. The van der Waals surface area contributed by atoms with E-state index in [1.54, 1.807) is 4.90 Å². The lowest BCUT2D eigenvalue weighted by atomic mass is 9.99. The highest BCUT2D eigenvalue weighted by Gasteiger charge is 2.27. The molecule has 1 aliphatic heterocycles. The van der Waals surface area contributed by atoms with Crippen LogP contribution < -0.4 is 0 Å². The number of benzene rings is 1. The van der Waals surface area contributed by atoms with Gasteiger partial charge in [-0.1, -0.05) is 6.92 Å². The lowest BCUT2D eigenvalue weighted by molar-refractivity contribution is -0.136. The Kier molecular flexibility index (Phi) is 4.12. The largest absolute Gasteiger partial charge is 0.336 e. The van der Waals surface area contributed by atoms with Gasteiger partial charge in [0.05, 0.1) is 6.04 Å². The quantitative estimate of drug-likeness (QED) is 0.770. The zero-order chi connectivity index (χ0) is 14.0. The fourth-order valence-corrected chi connectivity index (χ4v) is 2.56. The first-order valence-corrected chi connectivity index (χ1v) is 6.48. The number of nitrogens with zero attached hydrogens (tertiary/aromatic N) is 1.